The Morgan fingerprint density at radius 3 is 2.82 bits per heavy atom. The molecular weight excluding hydrogens is 236 g/mol. The quantitative estimate of drug-likeness (QED) is 0.756. The summed E-state index contributed by atoms with van der Waals surface area (Å²) in [5.74, 6) is 1.35. The van der Waals surface area contributed by atoms with Gasteiger partial charge in [0.15, 0.2) is 10.8 Å². The Morgan fingerprint density at radius 1 is 1.47 bits per heavy atom. The second-order valence-corrected chi connectivity index (χ2v) is 5.70. The highest BCUT2D eigenvalue weighted by Gasteiger charge is 2.37. The summed E-state index contributed by atoms with van der Waals surface area (Å²) in [6.07, 6.45) is 4.10. The number of hydrogen-bond donors (Lipinski definition) is 0. The molecule has 2 unspecified atom stereocenters. The number of hydrogen-bond acceptors (Lipinski definition) is 5. The average molecular weight is 252 g/mol. The molecular formula is C12H16N2O2S. The number of thiazole rings is 1. The van der Waals surface area contributed by atoms with Crippen LogP contribution in [0.4, 0.5) is 5.13 Å². The molecule has 1 aromatic heterocycles. The summed E-state index contributed by atoms with van der Waals surface area (Å²) in [5.41, 5.74) is 0.435. The molecule has 2 atom stereocenters. The summed E-state index contributed by atoms with van der Waals surface area (Å²) >= 11 is 1.54. The zero-order valence-electron chi connectivity index (χ0n) is 9.89. The van der Waals surface area contributed by atoms with Gasteiger partial charge < -0.3 is 9.64 Å². The molecule has 0 spiro atoms. The fourth-order valence-corrected chi connectivity index (χ4v) is 3.81. The van der Waals surface area contributed by atoms with E-state index in [9.17, 15) is 4.79 Å². The predicted molar refractivity (Wildman–Crippen MR) is 66.5 cm³/mol. The van der Waals surface area contributed by atoms with E-state index in [1.54, 1.807) is 16.7 Å². The highest BCUT2D eigenvalue weighted by atomic mass is 32.1. The first-order chi connectivity index (χ1) is 8.28. The number of aromatic nitrogens is 1. The zero-order valence-corrected chi connectivity index (χ0v) is 10.7. The van der Waals surface area contributed by atoms with Crippen LogP contribution in [0.2, 0.25) is 0 Å². The standard InChI is InChI=1S/C12H16N2O2S/c1-16-11(15)10-7-17-12(13-10)14-5-8-3-2-4-9(8)6-14/h7-9H,2-6H2,1H3. The Kier molecular flexibility index (Phi) is 2.78. The molecule has 0 aromatic carbocycles. The van der Waals surface area contributed by atoms with E-state index in [-0.39, 0.29) is 5.97 Å². The normalized spacial score (nSPS) is 27.2. The minimum Gasteiger partial charge on any atom is -0.464 e. The van der Waals surface area contributed by atoms with Crippen molar-refractivity contribution in [2.45, 2.75) is 19.3 Å². The number of esters is 1. The topological polar surface area (TPSA) is 42.4 Å². The number of fused-ring (bicyclic) bond motifs is 1. The van der Waals surface area contributed by atoms with E-state index in [4.69, 9.17) is 0 Å². The summed E-state index contributed by atoms with van der Waals surface area (Å²) in [6.45, 7) is 2.22. The Labute approximate surface area is 105 Å². The van der Waals surface area contributed by atoms with E-state index in [0.29, 0.717) is 5.69 Å². The van der Waals surface area contributed by atoms with E-state index in [1.807, 2.05) is 0 Å². The van der Waals surface area contributed by atoms with Gasteiger partial charge >= 0.3 is 5.97 Å². The van der Waals surface area contributed by atoms with Gasteiger partial charge in [0.25, 0.3) is 0 Å². The Balaban J connectivity index is 1.73. The third kappa shape index (κ3) is 1.92. The minimum absolute atomic E-state index is 0.341. The van der Waals surface area contributed by atoms with Gasteiger partial charge in [-0.15, -0.1) is 11.3 Å². The molecule has 0 radical (unpaired) electrons. The second kappa shape index (κ2) is 4.29. The molecule has 0 amide bonds. The maximum Gasteiger partial charge on any atom is 0.357 e. The van der Waals surface area contributed by atoms with Gasteiger partial charge in [-0.3, -0.25) is 0 Å². The molecule has 2 fully saturated rings. The molecule has 3 rings (SSSR count). The number of nitrogens with zero attached hydrogens (tertiary/aromatic N) is 2. The lowest BCUT2D eigenvalue weighted by atomic mass is 10.0. The molecule has 4 nitrogen and oxygen atoms in total. The first kappa shape index (κ1) is 11.0. The summed E-state index contributed by atoms with van der Waals surface area (Å²) in [6, 6.07) is 0. The van der Waals surface area contributed by atoms with Crippen LogP contribution in [0.25, 0.3) is 0 Å². The second-order valence-electron chi connectivity index (χ2n) is 4.86. The van der Waals surface area contributed by atoms with Gasteiger partial charge in [0, 0.05) is 18.5 Å². The van der Waals surface area contributed by atoms with Crippen LogP contribution >= 0.6 is 11.3 Å². The predicted octanol–water partition coefficient (Wildman–Crippen LogP) is 2.17. The van der Waals surface area contributed by atoms with Gasteiger partial charge in [0.2, 0.25) is 0 Å². The van der Waals surface area contributed by atoms with Crippen molar-refractivity contribution < 1.29 is 9.53 Å². The zero-order chi connectivity index (χ0) is 11.8. The molecule has 1 aliphatic carbocycles. The van der Waals surface area contributed by atoms with Gasteiger partial charge in [0.05, 0.1) is 7.11 Å². The Bertz CT molecular complexity index is 420. The SMILES string of the molecule is COC(=O)c1csc(N2CC3CCCC3C2)n1. The van der Waals surface area contributed by atoms with Crippen LogP contribution in [0, 0.1) is 11.8 Å². The lowest BCUT2D eigenvalue weighted by molar-refractivity contribution is 0.0595. The van der Waals surface area contributed by atoms with Gasteiger partial charge in [-0.05, 0) is 24.7 Å². The van der Waals surface area contributed by atoms with Crippen LogP contribution < -0.4 is 4.90 Å². The fourth-order valence-electron chi connectivity index (χ4n) is 3.00. The van der Waals surface area contributed by atoms with Crippen LogP contribution in [0.5, 0.6) is 0 Å². The Hall–Kier alpha value is -1.10. The largest absolute Gasteiger partial charge is 0.464 e. The summed E-state index contributed by atoms with van der Waals surface area (Å²) in [5, 5.41) is 2.76. The van der Waals surface area contributed by atoms with E-state index < -0.39 is 0 Å². The van der Waals surface area contributed by atoms with Crippen LogP contribution in [0.1, 0.15) is 29.8 Å². The molecule has 1 saturated heterocycles. The number of carbonyl (C=O) groups excluding carboxylic acids is 1. The van der Waals surface area contributed by atoms with Gasteiger partial charge in [-0.1, -0.05) is 6.42 Å². The van der Waals surface area contributed by atoms with Crippen LogP contribution in [0.15, 0.2) is 5.38 Å². The number of rotatable bonds is 2. The van der Waals surface area contributed by atoms with Crippen molar-refractivity contribution in [1.82, 2.24) is 4.98 Å². The lowest BCUT2D eigenvalue weighted by Gasteiger charge is -2.15. The van der Waals surface area contributed by atoms with Gasteiger partial charge in [0.1, 0.15) is 0 Å². The third-order valence-corrected chi connectivity index (χ3v) is 4.78. The first-order valence-electron chi connectivity index (χ1n) is 6.06. The molecule has 5 heteroatoms. The van der Waals surface area contributed by atoms with Crippen molar-refractivity contribution in [3.05, 3.63) is 11.1 Å². The molecule has 2 heterocycles. The third-order valence-electron chi connectivity index (χ3n) is 3.88. The fraction of sp³-hybridized carbons (Fsp3) is 0.667. The lowest BCUT2D eigenvalue weighted by Crippen LogP contribution is -2.20. The van der Waals surface area contributed by atoms with Crippen molar-refractivity contribution in [3.8, 4) is 0 Å². The van der Waals surface area contributed by atoms with Crippen LogP contribution in [-0.4, -0.2) is 31.2 Å². The average Bonchev–Trinajstić information content (AvgIpc) is 3.00. The Morgan fingerprint density at radius 2 is 2.18 bits per heavy atom. The van der Waals surface area contributed by atoms with E-state index >= 15 is 0 Å². The van der Waals surface area contributed by atoms with Crippen molar-refractivity contribution >= 4 is 22.4 Å². The van der Waals surface area contributed by atoms with E-state index in [1.165, 1.54) is 26.4 Å². The van der Waals surface area contributed by atoms with E-state index in [0.717, 1.165) is 30.1 Å². The molecule has 0 N–H and O–H groups in total. The molecule has 92 valence electrons. The highest BCUT2D eigenvalue weighted by molar-refractivity contribution is 7.13. The first-order valence-corrected chi connectivity index (χ1v) is 6.94. The van der Waals surface area contributed by atoms with Crippen LogP contribution in [-0.2, 0) is 4.74 Å². The van der Waals surface area contributed by atoms with E-state index in [2.05, 4.69) is 14.6 Å². The molecule has 17 heavy (non-hydrogen) atoms. The number of methoxy groups -OCH3 is 1. The summed E-state index contributed by atoms with van der Waals surface area (Å²) < 4.78 is 4.67. The van der Waals surface area contributed by atoms with Gasteiger partial charge in [-0.2, -0.15) is 0 Å². The maximum absolute atomic E-state index is 11.3. The summed E-state index contributed by atoms with van der Waals surface area (Å²) in [7, 11) is 1.39. The molecule has 2 aliphatic rings. The monoisotopic (exact) mass is 252 g/mol. The minimum atomic E-state index is -0.341. The highest BCUT2D eigenvalue weighted by Crippen LogP contribution is 2.40. The maximum atomic E-state index is 11.3. The van der Waals surface area contributed by atoms with Gasteiger partial charge in [-0.25, -0.2) is 9.78 Å². The van der Waals surface area contributed by atoms with Crippen molar-refractivity contribution in [2.75, 3.05) is 25.1 Å². The number of anilines is 1. The molecule has 1 saturated carbocycles. The molecule has 0 bridgehead atoms. The number of carbonyl (C=O) groups is 1. The van der Waals surface area contributed by atoms with Crippen molar-refractivity contribution in [3.63, 3.8) is 0 Å². The van der Waals surface area contributed by atoms with Crippen molar-refractivity contribution in [1.29, 1.82) is 0 Å². The molecule has 1 aromatic rings. The van der Waals surface area contributed by atoms with Crippen molar-refractivity contribution in [2.24, 2.45) is 11.8 Å². The summed E-state index contributed by atoms with van der Waals surface area (Å²) in [4.78, 5) is 18.0. The number of ether oxygens (including phenoxy) is 1. The molecule has 1 aliphatic heterocycles. The smallest absolute Gasteiger partial charge is 0.357 e. The van der Waals surface area contributed by atoms with Crippen LogP contribution in [0.3, 0.4) is 0 Å².